The normalized spacial score (nSPS) is 27.1. The number of hydrogen-bond acceptors (Lipinski definition) is 3. The van der Waals surface area contributed by atoms with Gasteiger partial charge in [0.25, 0.3) is 0 Å². The first kappa shape index (κ1) is 11.5. The van der Waals surface area contributed by atoms with Crippen LogP contribution in [0.2, 0.25) is 0 Å². The summed E-state index contributed by atoms with van der Waals surface area (Å²) in [5, 5.41) is 0. The highest BCUT2D eigenvalue weighted by Crippen LogP contribution is 2.19. The molecule has 14 heavy (non-hydrogen) atoms. The van der Waals surface area contributed by atoms with Crippen LogP contribution >= 0.6 is 0 Å². The number of sulfone groups is 1. The Morgan fingerprint density at radius 2 is 2.21 bits per heavy atom. The Kier molecular flexibility index (Phi) is 3.53. The van der Waals surface area contributed by atoms with Gasteiger partial charge in [-0.05, 0) is 19.8 Å². The predicted molar refractivity (Wildman–Crippen MR) is 54.7 cm³/mol. The molecule has 0 spiro atoms. The lowest BCUT2D eigenvalue weighted by Gasteiger charge is -2.29. The number of nitrogens with zero attached hydrogens (tertiary/aromatic N) is 1. The maximum atomic E-state index is 11.2. The van der Waals surface area contributed by atoms with Crippen LogP contribution in [-0.4, -0.2) is 43.3 Å². The molecule has 2 unspecified atom stereocenters. The first-order valence-electron chi connectivity index (χ1n) is 4.93. The maximum Gasteiger partial charge on any atom is 0.210 e. The van der Waals surface area contributed by atoms with Crippen molar-refractivity contribution in [3.63, 3.8) is 0 Å². The van der Waals surface area contributed by atoms with Gasteiger partial charge >= 0.3 is 0 Å². The Bertz CT molecular complexity index is 299. The van der Waals surface area contributed by atoms with Crippen LogP contribution in [0.1, 0.15) is 26.7 Å². The number of carbonyl (C=O) groups is 1. The van der Waals surface area contributed by atoms with E-state index in [1.165, 1.54) is 0 Å². The van der Waals surface area contributed by atoms with Gasteiger partial charge < -0.3 is 4.90 Å². The average molecular weight is 219 g/mol. The SMILES string of the molecule is CCC(C)N(C=O)C1CCS(=O)(=O)C1. The van der Waals surface area contributed by atoms with Gasteiger partial charge in [0.15, 0.2) is 9.84 Å². The zero-order valence-corrected chi connectivity index (χ0v) is 9.46. The molecule has 0 aromatic rings. The molecule has 0 bridgehead atoms. The highest BCUT2D eigenvalue weighted by atomic mass is 32.2. The molecule has 1 rings (SSSR count). The summed E-state index contributed by atoms with van der Waals surface area (Å²) in [5.74, 6) is 0.356. The maximum absolute atomic E-state index is 11.2. The minimum Gasteiger partial charge on any atom is -0.339 e. The van der Waals surface area contributed by atoms with E-state index in [4.69, 9.17) is 0 Å². The Balaban J connectivity index is 2.68. The molecule has 1 aliphatic rings. The lowest BCUT2D eigenvalue weighted by Crippen LogP contribution is -2.41. The molecule has 0 aromatic heterocycles. The van der Waals surface area contributed by atoms with Crippen LogP contribution in [0.3, 0.4) is 0 Å². The second-order valence-electron chi connectivity index (χ2n) is 3.87. The third kappa shape index (κ3) is 2.47. The molecular weight excluding hydrogens is 202 g/mol. The summed E-state index contributed by atoms with van der Waals surface area (Å²) in [6.07, 6.45) is 2.22. The van der Waals surface area contributed by atoms with Gasteiger partial charge in [-0.2, -0.15) is 0 Å². The van der Waals surface area contributed by atoms with Gasteiger partial charge in [0, 0.05) is 12.1 Å². The molecule has 0 aromatic carbocycles. The van der Waals surface area contributed by atoms with Crippen LogP contribution in [0.15, 0.2) is 0 Å². The fourth-order valence-corrected chi connectivity index (χ4v) is 3.49. The smallest absolute Gasteiger partial charge is 0.210 e. The number of carbonyl (C=O) groups excluding carboxylic acids is 1. The van der Waals surface area contributed by atoms with Crippen molar-refractivity contribution in [1.29, 1.82) is 0 Å². The second kappa shape index (κ2) is 4.29. The highest BCUT2D eigenvalue weighted by molar-refractivity contribution is 7.91. The van der Waals surface area contributed by atoms with E-state index >= 15 is 0 Å². The molecule has 0 radical (unpaired) electrons. The molecule has 0 aliphatic carbocycles. The minimum atomic E-state index is -2.89. The number of hydrogen-bond donors (Lipinski definition) is 0. The van der Waals surface area contributed by atoms with Crippen molar-refractivity contribution in [2.45, 2.75) is 38.8 Å². The van der Waals surface area contributed by atoms with E-state index in [0.29, 0.717) is 6.42 Å². The zero-order valence-electron chi connectivity index (χ0n) is 8.64. The summed E-state index contributed by atoms with van der Waals surface area (Å²) in [4.78, 5) is 12.5. The number of amides is 1. The Morgan fingerprint density at radius 3 is 2.57 bits per heavy atom. The molecule has 0 saturated carbocycles. The van der Waals surface area contributed by atoms with Crippen molar-refractivity contribution in [1.82, 2.24) is 4.90 Å². The standard InChI is InChI=1S/C9H17NO3S/c1-3-8(2)10(7-11)9-4-5-14(12,13)6-9/h7-9H,3-6H2,1-2H3. The van der Waals surface area contributed by atoms with Crippen molar-refractivity contribution in [3.05, 3.63) is 0 Å². The van der Waals surface area contributed by atoms with Crippen LogP contribution in [0, 0.1) is 0 Å². The van der Waals surface area contributed by atoms with Crippen LogP contribution in [0.25, 0.3) is 0 Å². The fraction of sp³-hybridized carbons (Fsp3) is 0.889. The van der Waals surface area contributed by atoms with Gasteiger partial charge in [0.05, 0.1) is 11.5 Å². The monoisotopic (exact) mass is 219 g/mol. The first-order chi connectivity index (χ1) is 6.50. The summed E-state index contributed by atoms with van der Waals surface area (Å²) in [7, 11) is -2.89. The third-order valence-electron chi connectivity index (χ3n) is 2.85. The molecule has 1 amide bonds. The average Bonchev–Trinajstić information content (AvgIpc) is 2.47. The van der Waals surface area contributed by atoms with E-state index in [0.717, 1.165) is 12.8 Å². The van der Waals surface area contributed by atoms with Gasteiger partial charge in [-0.15, -0.1) is 0 Å². The quantitative estimate of drug-likeness (QED) is 0.644. The summed E-state index contributed by atoms with van der Waals surface area (Å²) in [5.41, 5.74) is 0. The topological polar surface area (TPSA) is 54.5 Å². The molecular formula is C9H17NO3S. The van der Waals surface area contributed by atoms with E-state index in [1.54, 1.807) is 4.90 Å². The molecule has 1 saturated heterocycles. The van der Waals surface area contributed by atoms with Crippen molar-refractivity contribution >= 4 is 16.2 Å². The summed E-state index contributed by atoms with van der Waals surface area (Å²) >= 11 is 0. The van der Waals surface area contributed by atoms with E-state index in [-0.39, 0.29) is 23.6 Å². The van der Waals surface area contributed by atoms with Crippen molar-refractivity contribution in [3.8, 4) is 0 Å². The molecule has 1 fully saturated rings. The number of rotatable bonds is 4. The molecule has 2 atom stereocenters. The molecule has 82 valence electrons. The minimum absolute atomic E-state index is 0.104. The van der Waals surface area contributed by atoms with Crippen LogP contribution < -0.4 is 0 Å². The molecule has 0 N–H and O–H groups in total. The van der Waals surface area contributed by atoms with E-state index in [2.05, 4.69) is 0 Å². The van der Waals surface area contributed by atoms with Gasteiger partial charge in [-0.25, -0.2) is 8.42 Å². The van der Waals surface area contributed by atoms with Crippen LogP contribution in [-0.2, 0) is 14.6 Å². The van der Waals surface area contributed by atoms with Crippen LogP contribution in [0.4, 0.5) is 0 Å². The lowest BCUT2D eigenvalue weighted by atomic mass is 10.1. The van der Waals surface area contributed by atoms with E-state index in [9.17, 15) is 13.2 Å². The molecule has 5 heteroatoms. The van der Waals surface area contributed by atoms with Gasteiger partial charge in [0.2, 0.25) is 6.41 Å². The van der Waals surface area contributed by atoms with Gasteiger partial charge in [-0.1, -0.05) is 6.92 Å². The lowest BCUT2D eigenvalue weighted by molar-refractivity contribution is -0.121. The summed E-state index contributed by atoms with van der Waals surface area (Å²) in [6, 6.07) is 0.0262. The van der Waals surface area contributed by atoms with Crippen molar-refractivity contribution < 1.29 is 13.2 Å². The third-order valence-corrected chi connectivity index (χ3v) is 4.60. The van der Waals surface area contributed by atoms with Crippen molar-refractivity contribution in [2.24, 2.45) is 0 Å². The Labute approximate surface area is 85.2 Å². The molecule has 1 aliphatic heterocycles. The van der Waals surface area contributed by atoms with E-state index < -0.39 is 9.84 Å². The summed E-state index contributed by atoms with van der Waals surface area (Å²) in [6.45, 7) is 3.93. The van der Waals surface area contributed by atoms with Crippen molar-refractivity contribution in [2.75, 3.05) is 11.5 Å². The highest BCUT2D eigenvalue weighted by Gasteiger charge is 2.33. The largest absolute Gasteiger partial charge is 0.339 e. The van der Waals surface area contributed by atoms with Gasteiger partial charge in [0.1, 0.15) is 0 Å². The Hall–Kier alpha value is -0.580. The first-order valence-corrected chi connectivity index (χ1v) is 6.75. The molecule has 4 nitrogen and oxygen atoms in total. The second-order valence-corrected chi connectivity index (χ2v) is 6.10. The van der Waals surface area contributed by atoms with E-state index in [1.807, 2.05) is 13.8 Å². The van der Waals surface area contributed by atoms with Crippen LogP contribution in [0.5, 0.6) is 0 Å². The fourth-order valence-electron chi connectivity index (χ4n) is 1.77. The summed E-state index contributed by atoms with van der Waals surface area (Å²) < 4.78 is 22.5. The molecule has 1 heterocycles. The Morgan fingerprint density at radius 1 is 1.57 bits per heavy atom. The van der Waals surface area contributed by atoms with Gasteiger partial charge in [-0.3, -0.25) is 4.79 Å². The predicted octanol–water partition coefficient (Wildman–Crippen LogP) is 0.430. The zero-order chi connectivity index (χ0) is 10.8.